The Labute approximate surface area is 157 Å². The number of rotatable bonds is 7. The average Bonchev–Trinajstić information content (AvgIpc) is 2.65. The normalized spacial score (nSPS) is 11.1. The van der Waals surface area contributed by atoms with Crippen molar-refractivity contribution in [2.75, 3.05) is 6.61 Å². The molecule has 2 rings (SSSR count). The van der Waals surface area contributed by atoms with E-state index in [1.54, 1.807) is 24.3 Å². The zero-order chi connectivity index (χ0) is 19.8. The number of hydrazone groups is 1. The number of nitro benzene ring substituents is 1. The summed E-state index contributed by atoms with van der Waals surface area (Å²) in [6.45, 7) is 5.72. The number of hydrogen-bond donors (Lipinski definition) is 1. The number of carbonyl (C=O) groups is 1. The Balaban J connectivity index is 1.84. The number of nitro groups is 1. The Bertz CT molecular complexity index is 904. The van der Waals surface area contributed by atoms with Crippen molar-refractivity contribution in [3.8, 4) is 5.75 Å². The summed E-state index contributed by atoms with van der Waals surface area (Å²) in [4.78, 5) is 22.1. The maximum absolute atomic E-state index is 11.8. The second kappa shape index (κ2) is 9.28. The zero-order valence-corrected chi connectivity index (χ0v) is 15.4. The minimum absolute atomic E-state index is 0.0151. The van der Waals surface area contributed by atoms with Crippen LogP contribution in [0.4, 0.5) is 5.69 Å². The third-order valence-corrected chi connectivity index (χ3v) is 3.94. The summed E-state index contributed by atoms with van der Waals surface area (Å²) < 4.78 is 5.60. The highest BCUT2D eigenvalue weighted by atomic mass is 16.6. The third kappa shape index (κ3) is 5.78. The topological polar surface area (TPSA) is 93.8 Å². The average molecular weight is 367 g/mol. The first kappa shape index (κ1) is 19.8. The minimum Gasteiger partial charge on any atom is -0.483 e. The van der Waals surface area contributed by atoms with E-state index in [-0.39, 0.29) is 18.2 Å². The van der Waals surface area contributed by atoms with E-state index in [0.717, 1.165) is 16.7 Å². The van der Waals surface area contributed by atoms with Crippen LogP contribution < -0.4 is 10.2 Å². The van der Waals surface area contributed by atoms with Crippen molar-refractivity contribution in [2.45, 2.75) is 20.8 Å². The van der Waals surface area contributed by atoms with Crippen molar-refractivity contribution in [3.05, 3.63) is 74.8 Å². The number of nitrogens with one attached hydrogen (secondary N) is 1. The largest absolute Gasteiger partial charge is 0.483 e. The SMILES string of the molecule is Cc1ccc(C)c(OCC(=O)N/N=C/C=C/c2cccc([N+](=O)[O-])c2)c1C. The van der Waals surface area contributed by atoms with E-state index in [4.69, 9.17) is 4.74 Å². The van der Waals surface area contributed by atoms with Crippen LogP contribution in [0.5, 0.6) is 5.75 Å². The monoisotopic (exact) mass is 367 g/mol. The highest BCUT2D eigenvalue weighted by Crippen LogP contribution is 2.25. The smallest absolute Gasteiger partial charge is 0.277 e. The van der Waals surface area contributed by atoms with Crippen LogP contribution in [0, 0.1) is 30.9 Å². The fourth-order valence-corrected chi connectivity index (χ4v) is 2.37. The molecule has 7 nitrogen and oxygen atoms in total. The molecule has 0 aliphatic heterocycles. The lowest BCUT2D eigenvalue weighted by Crippen LogP contribution is -2.24. The predicted octanol–water partition coefficient (Wildman–Crippen LogP) is 3.71. The number of carbonyl (C=O) groups excluding carboxylic acids is 1. The van der Waals surface area contributed by atoms with Crippen LogP contribution in [0.1, 0.15) is 22.3 Å². The number of benzene rings is 2. The van der Waals surface area contributed by atoms with E-state index >= 15 is 0 Å². The Hall–Kier alpha value is -3.48. The zero-order valence-electron chi connectivity index (χ0n) is 15.4. The van der Waals surface area contributed by atoms with Crippen LogP contribution in [-0.2, 0) is 4.79 Å². The van der Waals surface area contributed by atoms with Gasteiger partial charge in [-0.15, -0.1) is 0 Å². The van der Waals surface area contributed by atoms with Crippen molar-refractivity contribution in [2.24, 2.45) is 5.10 Å². The molecule has 0 unspecified atom stereocenters. The molecule has 27 heavy (non-hydrogen) atoms. The van der Waals surface area contributed by atoms with E-state index in [2.05, 4.69) is 10.5 Å². The number of ether oxygens (including phenoxy) is 1. The maximum Gasteiger partial charge on any atom is 0.277 e. The highest BCUT2D eigenvalue weighted by Gasteiger charge is 2.08. The number of nitrogens with zero attached hydrogens (tertiary/aromatic N) is 2. The van der Waals surface area contributed by atoms with Crippen molar-refractivity contribution in [1.82, 2.24) is 5.43 Å². The van der Waals surface area contributed by atoms with Crippen LogP contribution in [-0.4, -0.2) is 23.7 Å². The van der Waals surface area contributed by atoms with Crippen molar-refractivity contribution in [1.29, 1.82) is 0 Å². The molecule has 0 aliphatic rings. The summed E-state index contributed by atoms with van der Waals surface area (Å²) in [5.41, 5.74) is 6.12. The Kier molecular flexibility index (Phi) is 6.82. The second-order valence-electron chi connectivity index (χ2n) is 5.97. The molecule has 7 heteroatoms. The molecule has 0 saturated heterocycles. The molecule has 140 valence electrons. The molecule has 0 fully saturated rings. The summed E-state index contributed by atoms with van der Waals surface area (Å²) in [5.74, 6) is 0.329. The van der Waals surface area contributed by atoms with E-state index in [1.807, 2.05) is 32.9 Å². The molecular weight excluding hydrogens is 346 g/mol. The predicted molar refractivity (Wildman–Crippen MR) is 105 cm³/mol. The number of amides is 1. The van der Waals surface area contributed by atoms with Crippen molar-refractivity contribution < 1.29 is 14.5 Å². The summed E-state index contributed by atoms with van der Waals surface area (Å²) >= 11 is 0. The van der Waals surface area contributed by atoms with E-state index in [0.29, 0.717) is 11.3 Å². The first-order valence-corrected chi connectivity index (χ1v) is 8.31. The standard InChI is InChI=1S/C20H21N3O4/c1-14-9-10-15(2)20(16(14)3)27-13-19(24)22-21-11-5-7-17-6-4-8-18(12-17)23(25)26/h4-12H,13H2,1-3H3,(H,22,24)/b7-5+,21-11+. The van der Waals surface area contributed by atoms with Gasteiger partial charge in [0.1, 0.15) is 5.75 Å². The Morgan fingerprint density at radius 1 is 1.22 bits per heavy atom. The van der Waals surface area contributed by atoms with Crippen LogP contribution in [0.15, 0.2) is 47.6 Å². The Morgan fingerprint density at radius 2 is 1.96 bits per heavy atom. The van der Waals surface area contributed by atoms with Gasteiger partial charge in [-0.25, -0.2) is 5.43 Å². The summed E-state index contributed by atoms with van der Waals surface area (Å²) in [5, 5.41) is 14.5. The molecule has 2 aromatic rings. The molecule has 0 bridgehead atoms. The Morgan fingerprint density at radius 3 is 2.70 bits per heavy atom. The van der Waals surface area contributed by atoms with Crippen molar-refractivity contribution >= 4 is 23.9 Å². The first-order valence-electron chi connectivity index (χ1n) is 8.31. The van der Waals surface area contributed by atoms with Gasteiger partial charge in [-0.05, 0) is 49.1 Å². The third-order valence-electron chi connectivity index (χ3n) is 3.94. The molecule has 0 aliphatic carbocycles. The van der Waals surface area contributed by atoms with Gasteiger partial charge >= 0.3 is 0 Å². The first-order chi connectivity index (χ1) is 12.9. The highest BCUT2D eigenvalue weighted by molar-refractivity contribution is 5.82. The van der Waals surface area contributed by atoms with Gasteiger partial charge in [0.2, 0.25) is 0 Å². The molecule has 0 saturated carbocycles. The molecule has 0 radical (unpaired) electrons. The fourth-order valence-electron chi connectivity index (χ4n) is 2.37. The van der Waals surface area contributed by atoms with E-state index in [1.165, 1.54) is 18.3 Å². The fraction of sp³-hybridized carbons (Fsp3) is 0.200. The van der Waals surface area contributed by atoms with E-state index in [9.17, 15) is 14.9 Å². The van der Waals surface area contributed by atoms with Gasteiger partial charge in [-0.2, -0.15) is 5.10 Å². The number of allylic oxidation sites excluding steroid dienone is 1. The quantitative estimate of drug-likeness (QED) is 0.458. The lowest BCUT2D eigenvalue weighted by atomic mass is 10.1. The molecule has 1 N–H and O–H groups in total. The van der Waals surface area contributed by atoms with E-state index < -0.39 is 4.92 Å². The summed E-state index contributed by atoms with van der Waals surface area (Å²) in [7, 11) is 0. The maximum atomic E-state index is 11.8. The van der Waals surface area contributed by atoms with Crippen LogP contribution in [0.25, 0.3) is 6.08 Å². The molecule has 0 atom stereocenters. The van der Waals surface area contributed by atoms with Crippen LogP contribution >= 0.6 is 0 Å². The summed E-state index contributed by atoms with van der Waals surface area (Å²) in [6.07, 6.45) is 4.62. The molecule has 2 aromatic carbocycles. The lowest BCUT2D eigenvalue weighted by Gasteiger charge is -2.13. The number of non-ortho nitro benzene ring substituents is 1. The van der Waals surface area contributed by atoms with Crippen LogP contribution in [0.2, 0.25) is 0 Å². The summed E-state index contributed by atoms with van der Waals surface area (Å²) in [6, 6.07) is 10.2. The minimum atomic E-state index is -0.455. The van der Waals surface area contributed by atoms with Crippen LogP contribution in [0.3, 0.4) is 0 Å². The van der Waals surface area contributed by atoms with Gasteiger partial charge in [0, 0.05) is 18.3 Å². The van der Waals surface area contributed by atoms with Gasteiger partial charge in [-0.3, -0.25) is 14.9 Å². The second-order valence-corrected chi connectivity index (χ2v) is 5.97. The lowest BCUT2D eigenvalue weighted by molar-refractivity contribution is -0.384. The number of hydrogen-bond acceptors (Lipinski definition) is 5. The van der Waals surface area contributed by atoms with Gasteiger partial charge in [0.15, 0.2) is 6.61 Å². The van der Waals surface area contributed by atoms with Crippen molar-refractivity contribution in [3.63, 3.8) is 0 Å². The molecule has 0 spiro atoms. The molecule has 0 heterocycles. The number of aryl methyl sites for hydroxylation is 2. The molecule has 1 amide bonds. The van der Waals surface area contributed by atoms with Gasteiger partial charge < -0.3 is 4.74 Å². The molecular formula is C20H21N3O4. The van der Waals surface area contributed by atoms with Gasteiger partial charge in [0.25, 0.3) is 11.6 Å². The molecule has 0 aromatic heterocycles. The van der Waals surface area contributed by atoms with Gasteiger partial charge in [-0.1, -0.05) is 30.3 Å². The van der Waals surface area contributed by atoms with Gasteiger partial charge in [0.05, 0.1) is 4.92 Å².